The molecule has 0 N–H and O–H groups in total. The van der Waals surface area contributed by atoms with Crippen LogP contribution in [-0.2, 0) is 19.3 Å². The predicted octanol–water partition coefficient (Wildman–Crippen LogP) is 6.49. The minimum Gasteiger partial charge on any atom is -0.207 e. The van der Waals surface area contributed by atoms with Crippen molar-refractivity contribution in [1.29, 1.82) is 0 Å². The predicted molar refractivity (Wildman–Crippen MR) is 98.6 cm³/mol. The van der Waals surface area contributed by atoms with E-state index in [0.717, 1.165) is 30.4 Å². The van der Waals surface area contributed by atoms with Crippen molar-refractivity contribution < 1.29 is 13.2 Å². The van der Waals surface area contributed by atoms with Crippen LogP contribution in [0.2, 0.25) is 0 Å². The Labute approximate surface area is 151 Å². The average Bonchev–Trinajstić information content (AvgIpc) is 2.63. The van der Waals surface area contributed by atoms with E-state index in [2.05, 4.69) is 13.0 Å². The molecule has 3 aromatic carbocycles. The number of aryl methyl sites for hydroxylation is 2. The minimum absolute atomic E-state index is 0.0743. The van der Waals surface area contributed by atoms with Crippen LogP contribution in [0, 0.1) is 17.5 Å². The molecule has 3 heteroatoms. The summed E-state index contributed by atoms with van der Waals surface area (Å²) in [6.07, 6.45) is 3.36. The zero-order chi connectivity index (χ0) is 18.3. The van der Waals surface area contributed by atoms with E-state index in [9.17, 15) is 8.78 Å². The molecule has 0 amide bonds. The molecule has 26 heavy (non-hydrogen) atoms. The zero-order valence-electron chi connectivity index (χ0n) is 14.6. The molecule has 0 saturated carbocycles. The quantitative estimate of drug-likeness (QED) is 0.505. The molecule has 0 aliphatic heterocycles. The zero-order valence-corrected chi connectivity index (χ0v) is 14.6. The molecule has 0 heterocycles. The van der Waals surface area contributed by atoms with Crippen LogP contribution in [0.4, 0.5) is 13.2 Å². The van der Waals surface area contributed by atoms with Crippen LogP contribution in [-0.4, -0.2) is 0 Å². The third-order valence-corrected chi connectivity index (χ3v) is 5.10. The third kappa shape index (κ3) is 2.82. The molecule has 0 bridgehead atoms. The van der Waals surface area contributed by atoms with E-state index >= 15 is 4.39 Å². The molecule has 1 aliphatic rings. The van der Waals surface area contributed by atoms with Crippen molar-refractivity contribution in [1.82, 2.24) is 0 Å². The lowest BCUT2D eigenvalue weighted by Crippen LogP contribution is -2.09. The van der Waals surface area contributed by atoms with Gasteiger partial charge in [-0.05, 0) is 70.8 Å². The van der Waals surface area contributed by atoms with Gasteiger partial charge in [0.2, 0.25) is 0 Å². The standard InChI is InChI=1S/C23H19F3/c1-2-3-14-4-10-18-16(12-14)7-11-19-20(18)13-21(25)22(23(19)26)15-5-8-17(24)9-6-15/h4-6,8-10,12-13H,2-3,7,11H2,1H3. The van der Waals surface area contributed by atoms with Crippen molar-refractivity contribution in [2.24, 2.45) is 0 Å². The Bertz CT molecular complexity index is 972. The molecular weight excluding hydrogens is 333 g/mol. The molecule has 132 valence electrons. The second kappa shape index (κ2) is 6.64. The van der Waals surface area contributed by atoms with Crippen LogP contribution in [0.5, 0.6) is 0 Å². The van der Waals surface area contributed by atoms with Crippen molar-refractivity contribution >= 4 is 0 Å². The Hall–Kier alpha value is -2.55. The van der Waals surface area contributed by atoms with E-state index in [1.807, 2.05) is 12.1 Å². The monoisotopic (exact) mass is 352 g/mol. The molecule has 0 unspecified atom stereocenters. The molecule has 0 nitrogen and oxygen atoms in total. The summed E-state index contributed by atoms with van der Waals surface area (Å²) in [4.78, 5) is 0. The lowest BCUT2D eigenvalue weighted by atomic mass is 9.82. The lowest BCUT2D eigenvalue weighted by Gasteiger charge is -2.23. The van der Waals surface area contributed by atoms with Crippen LogP contribution < -0.4 is 0 Å². The summed E-state index contributed by atoms with van der Waals surface area (Å²) in [5.74, 6) is -1.57. The van der Waals surface area contributed by atoms with Gasteiger partial charge in [0.15, 0.2) is 0 Å². The molecule has 0 fully saturated rings. The van der Waals surface area contributed by atoms with Gasteiger partial charge in [-0.25, -0.2) is 13.2 Å². The molecule has 0 saturated heterocycles. The fourth-order valence-electron chi connectivity index (χ4n) is 3.85. The first-order chi connectivity index (χ1) is 12.6. The van der Waals surface area contributed by atoms with Crippen molar-refractivity contribution in [2.75, 3.05) is 0 Å². The van der Waals surface area contributed by atoms with Gasteiger partial charge in [0, 0.05) is 0 Å². The molecule has 0 radical (unpaired) electrons. The van der Waals surface area contributed by atoms with E-state index in [0.29, 0.717) is 23.1 Å². The molecule has 3 aromatic rings. The first-order valence-electron chi connectivity index (χ1n) is 8.97. The first-order valence-corrected chi connectivity index (χ1v) is 8.97. The SMILES string of the molecule is CCCc1ccc2c(c1)CCc1c-2cc(F)c(-c2ccc(F)cc2)c1F. The first kappa shape index (κ1) is 16.9. The van der Waals surface area contributed by atoms with Crippen molar-refractivity contribution in [3.8, 4) is 22.3 Å². The van der Waals surface area contributed by atoms with Crippen LogP contribution >= 0.6 is 0 Å². The van der Waals surface area contributed by atoms with Crippen LogP contribution in [0.3, 0.4) is 0 Å². The van der Waals surface area contributed by atoms with Gasteiger partial charge in [-0.1, -0.05) is 43.7 Å². The second-order valence-electron chi connectivity index (χ2n) is 6.82. The maximum atomic E-state index is 15.2. The fraction of sp³-hybridized carbons (Fsp3) is 0.217. The number of benzene rings is 3. The molecule has 1 aliphatic carbocycles. The van der Waals surface area contributed by atoms with E-state index in [-0.39, 0.29) is 5.56 Å². The van der Waals surface area contributed by atoms with E-state index in [4.69, 9.17) is 0 Å². The molecule has 0 aromatic heterocycles. The number of hydrogen-bond donors (Lipinski definition) is 0. The van der Waals surface area contributed by atoms with Gasteiger partial charge in [0.1, 0.15) is 17.5 Å². The van der Waals surface area contributed by atoms with E-state index in [1.165, 1.54) is 35.9 Å². The van der Waals surface area contributed by atoms with Gasteiger partial charge in [-0.2, -0.15) is 0 Å². The summed E-state index contributed by atoms with van der Waals surface area (Å²) in [7, 11) is 0. The topological polar surface area (TPSA) is 0 Å². The summed E-state index contributed by atoms with van der Waals surface area (Å²) >= 11 is 0. The Morgan fingerprint density at radius 3 is 2.35 bits per heavy atom. The second-order valence-corrected chi connectivity index (χ2v) is 6.82. The highest BCUT2D eigenvalue weighted by molar-refractivity contribution is 5.78. The van der Waals surface area contributed by atoms with Crippen LogP contribution in [0.25, 0.3) is 22.3 Å². The summed E-state index contributed by atoms with van der Waals surface area (Å²) < 4.78 is 43.1. The Morgan fingerprint density at radius 2 is 1.62 bits per heavy atom. The Balaban J connectivity index is 1.85. The fourth-order valence-corrected chi connectivity index (χ4v) is 3.85. The van der Waals surface area contributed by atoms with Crippen molar-refractivity contribution in [3.05, 3.63) is 82.7 Å². The normalized spacial score (nSPS) is 12.6. The Morgan fingerprint density at radius 1 is 0.846 bits per heavy atom. The van der Waals surface area contributed by atoms with Crippen LogP contribution in [0.1, 0.15) is 30.0 Å². The lowest BCUT2D eigenvalue weighted by molar-refractivity contribution is 0.577. The van der Waals surface area contributed by atoms with Gasteiger partial charge in [-0.15, -0.1) is 0 Å². The van der Waals surface area contributed by atoms with E-state index in [1.54, 1.807) is 0 Å². The number of halogens is 3. The largest absolute Gasteiger partial charge is 0.207 e. The van der Waals surface area contributed by atoms with Gasteiger partial charge in [0.05, 0.1) is 5.56 Å². The average molecular weight is 352 g/mol. The molecular formula is C23H19F3. The van der Waals surface area contributed by atoms with E-state index < -0.39 is 17.5 Å². The number of hydrogen-bond acceptors (Lipinski definition) is 0. The highest BCUT2D eigenvalue weighted by Gasteiger charge is 2.25. The number of rotatable bonds is 3. The summed E-state index contributed by atoms with van der Waals surface area (Å²) in [6.45, 7) is 2.14. The third-order valence-electron chi connectivity index (χ3n) is 5.10. The van der Waals surface area contributed by atoms with Crippen molar-refractivity contribution in [2.45, 2.75) is 32.6 Å². The van der Waals surface area contributed by atoms with Crippen molar-refractivity contribution in [3.63, 3.8) is 0 Å². The van der Waals surface area contributed by atoms with Gasteiger partial charge < -0.3 is 0 Å². The smallest absolute Gasteiger partial charge is 0.137 e. The maximum absolute atomic E-state index is 15.2. The summed E-state index contributed by atoms with van der Waals surface area (Å²) in [6, 6.07) is 12.9. The molecule has 4 rings (SSSR count). The Kier molecular flexibility index (Phi) is 4.31. The van der Waals surface area contributed by atoms with Gasteiger partial charge >= 0.3 is 0 Å². The maximum Gasteiger partial charge on any atom is 0.137 e. The molecule has 0 spiro atoms. The van der Waals surface area contributed by atoms with Gasteiger partial charge in [0.25, 0.3) is 0 Å². The van der Waals surface area contributed by atoms with Gasteiger partial charge in [-0.3, -0.25) is 0 Å². The highest BCUT2D eigenvalue weighted by atomic mass is 19.1. The van der Waals surface area contributed by atoms with Crippen LogP contribution in [0.15, 0.2) is 48.5 Å². The minimum atomic E-state index is -0.613. The molecule has 0 atom stereocenters. The summed E-state index contributed by atoms with van der Waals surface area (Å²) in [5.41, 5.74) is 4.78. The summed E-state index contributed by atoms with van der Waals surface area (Å²) in [5, 5.41) is 0. The number of fused-ring (bicyclic) bond motifs is 3. The highest BCUT2D eigenvalue weighted by Crippen LogP contribution is 2.40.